The average Bonchev–Trinajstić information content (AvgIpc) is 3.04. The molecule has 0 spiro atoms. The Morgan fingerprint density at radius 3 is 2.60 bits per heavy atom. The zero-order valence-corrected chi connectivity index (χ0v) is 15.0. The number of ether oxygens (including phenoxy) is 1. The molecule has 9 heteroatoms. The number of rotatable bonds is 4. The number of nitrogens with zero attached hydrogens (tertiary/aromatic N) is 7. The Morgan fingerprint density at radius 2 is 1.88 bits per heavy atom. The van der Waals surface area contributed by atoms with Crippen LogP contribution in [0, 0.1) is 0 Å². The summed E-state index contributed by atoms with van der Waals surface area (Å²) in [6, 6.07) is 0. The minimum Gasteiger partial charge on any atom is -0.378 e. The number of fused-ring (bicyclic) bond motifs is 1. The van der Waals surface area contributed by atoms with Crippen LogP contribution < -0.4 is 4.90 Å². The van der Waals surface area contributed by atoms with Gasteiger partial charge in [-0.15, -0.1) is 11.3 Å². The van der Waals surface area contributed by atoms with E-state index in [-0.39, 0.29) is 0 Å². The molecule has 1 aliphatic heterocycles. The minimum atomic E-state index is 0.608. The van der Waals surface area contributed by atoms with Crippen molar-refractivity contribution in [1.29, 1.82) is 0 Å². The van der Waals surface area contributed by atoms with Gasteiger partial charge in [-0.2, -0.15) is 0 Å². The summed E-state index contributed by atoms with van der Waals surface area (Å²) in [4.78, 5) is 26.7. The molecule has 0 aromatic carbocycles. The predicted molar refractivity (Wildman–Crippen MR) is 96.7 cm³/mol. The maximum Gasteiger partial charge on any atom is 0.176 e. The van der Waals surface area contributed by atoms with Crippen LogP contribution in [0.2, 0.25) is 0 Å². The van der Waals surface area contributed by atoms with Gasteiger partial charge in [-0.25, -0.2) is 24.9 Å². The average molecular weight is 357 g/mol. The topological polar surface area (TPSA) is 80.2 Å². The van der Waals surface area contributed by atoms with Crippen molar-refractivity contribution in [2.24, 2.45) is 0 Å². The highest BCUT2D eigenvalue weighted by atomic mass is 32.1. The van der Waals surface area contributed by atoms with Crippen LogP contribution in [0.4, 0.5) is 5.82 Å². The second kappa shape index (κ2) is 6.95. The van der Waals surface area contributed by atoms with Gasteiger partial charge in [0.05, 0.1) is 18.8 Å². The number of thiazole rings is 1. The lowest BCUT2D eigenvalue weighted by molar-refractivity contribution is 0.122. The molecule has 130 valence electrons. The molecular formula is C16H19N7OS. The molecule has 25 heavy (non-hydrogen) atoms. The highest BCUT2D eigenvalue weighted by Gasteiger charge is 2.21. The summed E-state index contributed by atoms with van der Waals surface area (Å²) in [5, 5.41) is 1.03. The summed E-state index contributed by atoms with van der Waals surface area (Å²) in [6.07, 6.45) is 4.96. The van der Waals surface area contributed by atoms with Crippen molar-refractivity contribution in [1.82, 2.24) is 29.8 Å². The zero-order chi connectivity index (χ0) is 17.2. The van der Waals surface area contributed by atoms with Gasteiger partial charge in [-0.05, 0) is 14.1 Å². The smallest absolute Gasteiger partial charge is 0.176 e. The number of morpholine rings is 1. The third-order valence-corrected chi connectivity index (χ3v) is 4.89. The molecule has 0 amide bonds. The summed E-state index contributed by atoms with van der Waals surface area (Å²) >= 11 is 1.66. The van der Waals surface area contributed by atoms with Gasteiger partial charge in [-0.3, -0.25) is 0 Å². The molecule has 4 heterocycles. The van der Waals surface area contributed by atoms with Gasteiger partial charge in [0, 0.05) is 32.0 Å². The van der Waals surface area contributed by atoms with Crippen LogP contribution in [-0.2, 0) is 11.3 Å². The van der Waals surface area contributed by atoms with Crippen LogP contribution in [0.25, 0.3) is 21.7 Å². The van der Waals surface area contributed by atoms with Crippen molar-refractivity contribution >= 4 is 27.5 Å². The fraction of sp³-hybridized carbons (Fsp3) is 0.438. The molecule has 8 nitrogen and oxygen atoms in total. The first-order valence-corrected chi connectivity index (χ1v) is 8.92. The zero-order valence-electron chi connectivity index (χ0n) is 14.2. The Kier molecular flexibility index (Phi) is 4.51. The standard InChI is InChI=1S/C16H19N7OS/c1-22(2)9-12-19-15-13(25-12)16(23-3-5-24-6-4-23)21-14(20-15)11-7-17-10-18-8-11/h7-8,10H,3-6,9H2,1-2H3. The molecule has 0 saturated carbocycles. The first-order valence-electron chi connectivity index (χ1n) is 8.11. The highest BCUT2D eigenvalue weighted by Crippen LogP contribution is 2.32. The Morgan fingerprint density at radius 1 is 1.12 bits per heavy atom. The Balaban J connectivity index is 1.84. The lowest BCUT2D eigenvalue weighted by atomic mass is 10.3. The van der Waals surface area contributed by atoms with Crippen LogP contribution in [0.3, 0.4) is 0 Å². The second-order valence-electron chi connectivity index (χ2n) is 6.10. The van der Waals surface area contributed by atoms with E-state index in [4.69, 9.17) is 14.7 Å². The third kappa shape index (κ3) is 3.44. The lowest BCUT2D eigenvalue weighted by Crippen LogP contribution is -2.36. The molecular weight excluding hydrogens is 338 g/mol. The summed E-state index contributed by atoms with van der Waals surface area (Å²) in [7, 11) is 4.07. The quantitative estimate of drug-likeness (QED) is 0.694. The highest BCUT2D eigenvalue weighted by molar-refractivity contribution is 7.19. The fourth-order valence-electron chi connectivity index (χ4n) is 2.72. The van der Waals surface area contributed by atoms with Gasteiger partial charge < -0.3 is 14.5 Å². The summed E-state index contributed by atoms with van der Waals surface area (Å²) in [5.41, 5.74) is 1.53. The predicted octanol–water partition coefficient (Wildman–Crippen LogP) is 1.44. The molecule has 3 aromatic heterocycles. The van der Waals surface area contributed by atoms with E-state index in [0.29, 0.717) is 19.0 Å². The molecule has 0 aliphatic carbocycles. The molecule has 1 saturated heterocycles. The molecule has 0 N–H and O–H groups in total. The van der Waals surface area contributed by atoms with Crippen LogP contribution in [-0.4, -0.2) is 70.2 Å². The molecule has 0 unspecified atom stereocenters. The van der Waals surface area contributed by atoms with Crippen molar-refractivity contribution in [3.63, 3.8) is 0 Å². The first kappa shape index (κ1) is 16.2. The van der Waals surface area contributed by atoms with Crippen molar-refractivity contribution in [2.75, 3.05) is 45.3 Å². The van der Waals surface area contributed by atoms with E-state index in [1.165, 1.54) is 6.33 Å². The van der Waals surface area contributed by atoms with Crippen molar-refractivity contribution in [2.45, 2.75) is 6.54 Å². The Hall–Kier alpha value is -2.23. The lowest BCUT2D eigenvalue weighted by Gasteiger charge is -2.28. The van der Waals surface area contributed by atoms with Crippen molar-refractivity contribution < 1.29 is 4.74 Å². The minimum absolute atomic E-state index is 0.608. The van der Waals surface area contributed by atoms with Crippen LogP contribution in [0.5, 0.6) is 0 Å². The van der Waals surface area contributed by atoms with E-state index in [2.05, 4.69) is 24.8 Å². The van der Waals surface area contributed by atoms with Gasteiger partial charge in [0.2, 0.25) is 0 Å². The van der Waals surface area contributed by atoms with E-state index in [9.17, 15) is 0 Å². The van der Waals surface area contributed by atoms with E-state index in [1.807, 2.05) is 14.1 Å². The molecule has 0 bridgehead atoms. The van der Waals surface area contributed by atoms with Gasteiger partial charge in [0.25, 0.3) is 0 Å². The summed E-state index contributed by atoms with van der Waals surface area (Å²) < 4.78 is 6.51. The fourth-order valence-corrected chi connectivity index (χ4v) is 3.86. The first-order chi connectivity index (χ1) is 12.2. The third-order valence-electron chi connectivity index (χ3n) is 3.86. The van der Waals surface area contributed by atoms with Gasteiger partial charge in [0.15, 0.2) is 17.3 Å². The largest absolute Gasteiger partial charge is 0.378 e. The number of anilines is 1. The molecule has 3 aromatic rings. The Labute approximate surface area is 149 Å². The molecule has 0 radical (unpaired) electrons. The van der Waals surface area contributed by atoms with E-state index < -0.39 is 0 Å². The van der Waals surface area contributed by atoms with Crippen LogP contribution in [0.15, 0.2) is 18.7 Å². The van der Waals surface area contributed by atoms with Gasteiger partial charge in [-0.1, -0.05) is 0 Å². The van der Waals surface area contributed by atoms with Crippen LogP contribution >= 0.6 is 11.3 Å². The molecule has 0 atom stereocenters. The van der Waals surface area contributed by atoms with Gasteiger partial charge >= 0.3 is 0 Å². The molecule has 1 aliphatic rings. The van der Waals surface area contributed by atoms with Gasteiger partial charge in [0.1, 0.15) is 16.0 Å². The van der Waals surface area contributed by atoms with E-state index in [0.717, 1.165) is 46.4 Å². The molecule has 1 fully saturated rings. The summed E-state index contributed by atoms with van der Waals surface area (Å²) in [5.74, 6) is 1.53. The maximum absolute atomic E-state index is 5.48. The number of hydrogen-bond donors (Lipinski definition) is 0. The maximum atomic E-state index is 5.48. The van der Waals surface area contributed by atoms with E-state index in [1.54, 1.807) is 23.7 Å². The monoisotopic (exact) mass is 357 g/mol. The van der Waals surface area contributed by atoms with Crippen molar-refractivity contribution in [3.8, 4) is 11.4 Å². The Bertz CT molecular complexity index is 862. The number of hydrogen-bond acceptors (Lipinski definition) is 9. The van der Waals surface area contributed by atoms with Crippen LogP contribution in [0.1, 0.15) is 5.01 Å². The van der Waals surface area contributed by atoms with E-state index >= 15 is 0 Å². The van der Waals surface area contributed by atoms with Crippen molar-refractivity contribution in [3.05, 3.63) is 23.7 Å². The SMILES string of the molecule is CN(C)Cc1nc2nc(-c3cncnc3)nc(N3CCOCC3)c2s1. The normalized spacial score (nSPS) is 15.2. The summed E-state index contributed by atoms with van der Waals surface area (Å²) in [6.45, 7) is 3.83. The molecule has 4 rings (SSSR count). The number of aromatic nitrogens is 5. The second-order valence-corrected chi connectivity index (χ2v) is 7.18.